The van der Waals surface area contributed by atoms with Crippen molar-refractivity contribution in [1.29, 1.82) is 0 Å². The molecule has 2 saturated heterocycles. The van der Waals surface area contributed by atoms with E-state index >= 15 is 0 Å². The number of hydrogen-bond acceptors (Lipinski definition) is 5. The second-order valence-corrected chi connectivity index (χ2v) is 9.75. The summed E-state index contributed by atoms with van der Waals surface area (Å²) >= 11 is 0. The SMILES string of the molecule is COc1ccc(C(=O)N2C[C@@H]3C[C@H](C2)c2ccc(NC4CCN(C(C)=O)CC4)c(=O)n2C3)cc1. The van der Waals surface area contributed by atoms with E-state index in [1.54, 1.807) is 14.0 Å². The van der Waals surface area contributed by atoms with Crippen LogP contribution in [0.4, 0.5) is 5.69 Å². The molecule has 3 aliphatic rings. The number of amides is 2. The Morgan fingerprint density at radius 1 is 0.971 bits per heavy atom. The third-order valence-corrected chi connectivity index (χ3v) is 7.53. The summed E-state index contributed by atoms with van der Waals surface area (Å²) in [7, 11) is 1.61. The second kappa shape index (κ2) is 9.16. The van der Waals surface area contributed by atoms with Crippen LogP contribution in [0.2, 0.25) is 0 Å². The number of pyridine rings is 1. The summed E-state index contributed by atoms with van der Waals surface area (Å²) < 4.78 is 7.12. The molecule has 2 fully saturated rings. The van der Waals surface area contributed by atoms with Gasteiger partial charge in [0, 0.05) is 62.9 Å². The lowest BCUT2D eigenvalue weighted by molar-refractivity contribution is -0.129. The number of piperidine rings is 2. The zero-order chi connectivity index (χ0) is 23.8. The molecule has 0 radical (unpaired) electrons. The lowest BCUT2D eigenvalue weighted by Gasteiger charge is -2.43. The van der Waals surface area contributed by atoms with Crippen molar-refractivity contribution in [2.75, 3.05) is 38.6 Å². The molecule has 34 heavy (non-hydrogen) atoms. The number of hydrogen-bond donors (Lipinski definition) is 1. The van der Waals surface area contributed by atoms with Gasteiger partial charge < -0.3 is 24.4 Å². The van der Waals surface area contributed by atoms with E-state index in [0.717, 1.165) is 43.8 Å². The summed E-state index contributed by atoms with van der Waals surface area (Å²) in [6.07, 6.45) is 2.69. The summed E-state index contributed by atoms with van der Waals surface area (Å²) in [6, 6.07) is 11.4. The predicted molar refractivity (Wildman–Crippen MR) is 129 cm³/mol. The molecule has 1 aromatic heterocycles. The first-order valence-corrected chi connectivity index (χ1v) is 12.1. The largest absolute Gasteiger partial charge is 0.497 e. The molecule has 2 amide bonds. The van der Waals surface area contributed by atoms with Gasteiger partial charge in [-0.25, -0.2) is 0 Å². The number of rotatable bonds is 4. The Morgan fingerprint density at radius 2 is 1.71 bits per heavy atom. The number of carbonyl (C=O) groups is 2. The molecule has 1 aromatic carbocycles. The Labute approximate surface area is 199 Å². The lowest BCUT2D eigenvalue weighted by atomic mass is 9.83. The molecule has 180 valence electrons. The third-order valence-electron chi connectivity index (χ3n) is 7.53. The summed E-state index contributed by atoms with van der Waals surface area (Å²) in [5.41, 5.74) is 2.34. The Bertz CT molecular complexity index is 1130. The van der Waals surface area contributed by atoms with E-state index in [-0.39, 0.29) is 35.3 Å². The van der Waals surface area contributed by atoms with Gasteiger partial charge in [-0.3, -0.25) is 14.4 Å². The number of anilines is 1. The molecule has 0 saturated carbocycles. The van der Waals surface area contributed by atoms with Gasteiger partial charge in [-0.15, -0.1) is 0 Å². The molecule has 0 aliphatic carbocycles. The molecule has 2 bridgehead atoms. The van der Waals surface area contributed by atoms with Crippen molar-refractivity contribution in [3.63, 3.8) is 0 Å². The molecule has 8 heteroatoms. The first-order chi connectivity index (χ1) is 16.4. The first kappa shape index (κ1) is 22.5. The van der Waals surface area contributed by atoms with E-state index in [1.165, 1.54) is 0 Å². The highest BCUT2D eigenvalue weighted by Crippen LogP contribution is 2.36. The number of nitrogens with zero attached hydrogens (tertiary/aromatic N) is 3. The van der Waals surface area contributed by atoms with E-state index < -0.39 is 0 Å². The molecule has 0 unspecified atom stereocenters. The maximum atomic E-state index is 13.3. The number of benzene rings is 1. The first-order valence-electron chi connectivity index (χ1n) is 12.1. The van der Waals surface area contributed by atoms with Crippen molar-refractivity contribution in [2.45, 2.75) is 44.7 Å². The molecule has 4 heterocycles. The van der Waals surface area contributed by atoms with Crippen molar-refractivity contribution >= 4 is 17.5 Å². The van der Waals surface area contributed by atoms with Crippen LogP contribution in [0.5, 0.6) is 5.75 Å². The summed E-state index contributed by atoms with van der Waals surface area (Å²) in [5.74, 6) is 1.30. The van der Waals surface area contributed by atoms with E-state index in [9.17, 15) is 14.4 Å². The van der Waals surface area contributed by atoms with Crippen LogP contribution in [0.1, 0.15) is 48.2 Å². The highest BCUT2D eigenvalue weighted by molar-refractivity contribution is 5.94. The van der Waals surface area contributed by atoms with Gasteiger partial charge in [-0.05, 0) is 61.6 Å². The van der Waals surface area contributed by atoms with Gasteiger partial charge in [0.15, 0.2) is 0 Å². The van der Waals surface area contributed by atoms with Crippen molar-refractivity contribution in [3.8, 4) is 5.75 Å². The van der Waals surface area contributed by atoms with E-state index in [0.29, 0.717) is 30.9 Å². The molecular formula is C26H32N4O4. The number of aromatic nitrogens is 1. The zero-order valence-corrected chi connectivity index (χ0v) is 19.8. The fourth-order valence-corrected chi connectivity index (χ4v) is 5.70. The van der Waals surface area contributed by atoms with E-state index in [2.05, 4.69) is 11.4 Å². The fraction of sp³-hybridized carbons (Fsp3) is 0.500. The molecule has 3 aliphatic heterocycles. The summed E-state index contributed by atoms with van der Waals surface area (Å²) in [5, 5.41) is 3.44. The number of fused-ring (bicyclic) bond motifs is 4. The minimum Gasteiger partial charge on any atom is -0.497 e. The van der Waals surface area contributed by atoms with Crippen LogP contribution in [-0.2, 0) is 11.3 Å². The van der Waals surface area contributed by atoms with Gasteiger partial charge in [-0.2, -0.15) is 0 Å². The monoisotopic (exact) mass is 464 g/mol. The molecule has 8 nitrogen and oxygen atoms in total. The molecule has 5 rings (SSSR count). The quantitative estimate of drug-likeness (QED) is 0.752. The molecular weight excluding hydrogens is 432 g/mol. The Kier molecular flexibility index (Phi) is 6.06. The number of nitrogens with one attached hydrogen (secondary N) is 1. The predicted octanol–water partition coefficient (Wildman–Crippen LogP) is 2.54. The van der Waals surface area contributed by atoms with Crippen molar-refractivity contribution in [3.05, 3.63) is 58.0 Å². The van der Waals surface area contributed by atoms with Gasteiger partial charge in [0.1, 0.15) is 11.4 Å². The van der Waals surface area contributed by atoms with E-state index in [4.69, 9.17) is 4.74 Å². The minimum absolute atomic E-state index is 0.0242. The Hall–Kier alpha value is -3.29. The number of likely N-dealkylation sites (tertiary alicyclic amines) is 2. The highest BCUT2D eigenvalue weighted by Gasteiger charge is 2.37. The van der Waals surface area contributed by atoms with Crippen LogP contribution >= 0.6 is 0 Å². The van der Waals surface area contributed by atoms with Crippen molar-refractivity contribution in [2.24, 2.45) is 5.92 Å². The van der Waals surface area contributed by atoms with Gasteiger partial charge >= 0.3 is 0 Å². The minimum atomic E-state index is 0.0242. The average molecular weight is 465 g/mol. The third kappa shape index (κ3) is 4.29. The van der Waals surface area contributed by atoms with Crippen molar-refractivity contribution in [1.82, 2.24) is 14.4 Å². The summed E-state index contributed by atoms with van der Waals surface area (Å²) in [4.78, 5) is 41.8. The van der Waals surface area contributed by atoms with E-state index in [1.807, 2.05) is 44.7 Å². The lowest BCUT2D eigenvalue weighted by Crippen LogP contribution is -2.49. The van der Waals surface area contributed by atoms with Crippen LogP contribution in [-0.4, -0.2) is 65.5 Å². The second-order valence-electron chi connectivity index (χ2n) is 9.75. The fourth-order valence-electron chi connectivity index (χ4n) is 5.70. The molecule has 2 atom stereocenters. The number of carbonyl (C=O) groups excluding carboxylic acids is 2. The Morgan fingerprint density at radius 3 is 2.38 bits per heavy atom. The van der Waals surface area contributed by atoms with Gasteiger partial charge in [0.2, 0.25) is 5.91 Å². The molecule has 2 aromatic rings. The van der Waals surface area contributed by atoms with Crippen LogP contribution in [0.3, 0.4) is 0 Å². The van der Waals surface area contributed by atoms with Gasteiger partial charge in [0.05, 0.1) is 7.11 Å². The maximum absolute atomic E-state index is 13.3. The summed E-state index contributed by atoms with van der Waals surface area (Å²) in [6.45, 7) is 4.97. The zero-order valence-electron chi connectivity index (χ0n) is 19.8. The van der Waals surface area contributed by atoms with Crippen LogP contribution in [0.25, 0.3) is 0 Å². The number of methoxy groups -OCH3 is 1. The van der Waals surface area contributed by atoms with Gasteiger partial charge in [-0.1, -0.05) is 0 Å². The number of ether oxygens (including phenoxy) is 1. The average Bonchev–Trinajstić information content (AvgIpc) is 2.86. The standard InChI is InChI=1S/C26H32N4O4/c1-17(31)28-11-9-21(10-12-28)27-23-7-8-24-20-13-18(15-30(24)26(23)33)14-29(16-20)25(32)19-3-5-22(34-2)6-4-19/h3-8,18,20-21,27H,9-16H2,1-2H3/t18-,20+/m0/s1. The highest BCUT2D eigenvalue weighted by atomic mass is 16.5. The topological polar surface area (TPSA) is 83.9 Å². The normalized spacial score (nSPS) is 22.2. The molecule has 0 spiro atoms. The van der Waals surface area contributed by atoms with Crippen LogP contribution in [0, 0.1) is 5.92 Å². The van der Waals surface area contributed by atoms with Crippen molar-refractivity contribution < 1.29 is 14.3 Å². The van der Waals surface area contributed by atoms with Gasteiger partial charge in [0.25, 0.3) is 11.5 Å². The molecule has 1 N–H and O–H groups in total. The van der Waals surface area contributed by atoms with Crippen LogP contribution in [0.15, 0.2) is 41.2 Å². The maximum Gasteiger partial charge on any atom is 0.274 e. The Balaban J connectivity index is 1.29. The van der Waals surface area contributed by atoms with Crippen LogP contribution < -0.4 is 15.6 Å². The smallest absolute Gasteiger partial charge is 0.274 e.